The van der Waals surface area contributed by atoms with Crippen molar-refractivity contribution in [2.45, 2.75) is 12.3 Å². The van der Waals surface area contributed by atoms with Crippen LogP contribution in [0.2, 0.25) is 0 Å². The Morgan fingerprint density at radius 3 is 2.37 bits per heavy atom. The summed E-state index contributed by atoms with van der Waals surface area (Å²) in [6, 6.07) is 11.3. The molecule has 0 bridgehead atoms. The van der Waals surface area contributed by atoms with Crippen molar-refractivity contribution in [3.05, 3.63) is 44.8 Å². The first-order valence-electron chi connectivity index (χ1n) is 5.65. The number of hydrogen-bond donors (Lipinski definition) is 0. The van der Waals surface area contributed by atoms with E-state index in [1.165, 1.54) is 22.7 Å². The van der Waals surface area contributed by atoms with E-state index in [4.69, 9.17) is 10.5 Å². The lowest BCUT2D eigenvalue weighted by Crippen LogP contribution is -2.13. The van der Waals surface area contributed by atoms with Crippen LogP contribution < -0.4 is 0 Å². The van der Waals surface area contributed by atoms with Crippen molar-refractivity contribution in [1.82, 2.24) is 0 Å². The fraction of sp³-hybridized carbons (Fsp3) is 0.214. The van der Waals surface area contributed by atoms with Crippen LogP contribution in [0.3, 0.4) is 0 Å². The van der Waals surface area contributed by atoms with Crippen molar-refractivity contribution in [2.24, 2.45) is 5.92 Å². The first kappa shape index (κ1) is 13.5. The standard InChI is InChI=1S/C14H10N2OS2/c15-8-10(9-16)11(13-3-1-5-18-13)7-12(17)14-4-2-6-19-14/h1-6,10-11H,7H2. The second kappa shape index (κ2) is 6.29. The largest absolute Gasteiger partial charge is 0.293 e. The summed E-state index contributed by atoms with van der Waals surface area (Å²) in [5.74, 6) is -1.14. The zero-order valence-corrected chi connectivity index (χ0v) is 11.6. The summed E-state index contributed by atoms with van der Waals surface area (Å²) >= 11 is 2.86. The predicted octanol–water partition coefficient (Wildman–Crippen LogP) is 3.83. The normalized spacial score (nSPS) is 11.7. The summed E-state index contributed by atoms with van der Waals surface area (Å²) in [7, 11) is 0. The highest BCUT2D eigenvalue weighted by molar-refractivity contribution is 7.12. The van der Waals surface area contributed by atoms with Gasteiger partial charge in [-0.15, -0.1) is 22.7 Å². The molecule has 0 saturated carbocycles. The Hall–Kier alpha value is -1.95. The molecule has 0 fully saturated rings. The van der Waals surface area contributed by atoms with Gasteiger partial charge in [-0.2, -0.15) is 10.5 Å². The van der Waals surface area contributed by atoms with Crippen LogP contribution >= 0.6 is 22.7 Å². The van der Waals surface area contributed by atoms with Crippen LogP contribution in [0.5, 0.6) is 0 Å². The number of thiophene rings is 2. The van der Waals surface area contributed by atoms with Crippen molar-refractivity contribution < 1.29 is 4.79 Å². The summed E-state index contributed by atoms with van der Waals surface area (Å²) in [4.78, 5) is 13.7. The van der Waals surface area contributed by atoms with E-state index >= 15 is 0 Å². The molecule has 2 rings (SSSR count). The summed E-state index contributed by atoms with van der Waals surface area (Å²) in [6.07, 6.45) is 0.201. The molecule has 0 aromatic carbocycles. The molecule has 2 aromatic heterocycles. The fourth-order valence-electron chi connectivity index (χ4n) is 1.83. The monoisotopic (exact) mass is 286 g/mol. The molecule has 0 aliphatic rings. The smallest absolute Gasteiger partial charge is 0.173 e. The van der Waals surface area contributed by atoms with Gasteiger partial charge in [0, 0.05) is 17.2 Å². The Kier molecular flexibility index (Phi) is 4.46. The molecule has 3 nitrogen and oxygen atoms in total. The number of ketones is 1. The highest BCUT2D eigenvalue weighted by atomic mass is 32.1. The summed E-state index contributed by atoms with van der Waals surface area (Å²) in [6.45, 7) is 0. The zero-order valence-electron chi connectivity index (χ0n) is 9.95. The molecular weight excluding hydrogens is 276 g/mol. The van der Waals surface area contributed by atoms with E-state index < -0.39 is 5.92 Å². The summed E-state index contributed by atoms with van der Waals surface area (Å²) in [5.41, 5.74) is 0. The summed E-state index contributed by atoms with van der Waals surface area (Å²) in [5, 5.41) is 21.9. The zero-order chi connectivity index (χ0) is 13.7. The second-order valence-electron chi connectivity index (χ2n) is 3.96. The van der Waals surface area contributed by atoms with Crippen molar-refractivity contribution in [1.29, 1.82) is 10.5 Å². The number of rotatable bonds is 5. The molecule has 2 heterocycles. The van der Waals surface area contributed by atoms with Crippen molar-refractivity contribution in [3.8, 4) is 12.1 Å². The predicted molar refractivity (Wildman–Crippen MR) is 75.0 cm³/mol. The molecule has 94 valence electrons. The lowest BCUT2D eigenvalue weighted by molar-refractivity contribution is 0.0975. The Morgan fingerprint density at radius 2 is 1.84 bits per heavy atom. The van der Waals surface area contributed by atoms with E-state index in [9.17, 15) is 4.79 Å². The number of hydrogen-bond acceptors (Lipinski definition) is 5. The lowest BCUT2D eigenvalue weighted by atomic mass is 9.88. The van der Waals surface area contributed by atoms with E-state index in [0.717, 1.165) is 4.88 Å². The average molecular weight is 286 g/mol. The third kappa shape index (κ3) is 3.08. The number of nitrogens with zero attached hydrogens (tertiary/aromatic N) is 2. The van der Waals surface area contributed by atoms with Crippen molar-refractivity contribution in [3.63, 3.8) is 0 Å². The van der Waals surface area contributed by atoms with Gasteiger partial charge in [0.25, 0.3) is 0 Å². The molecule has 0 amide bonds. The molecule has 0 spiro atoms. The number of nitriles is 2. The molecule has 0 radical (unpaired) electrons. The molecule has 0 saturated heterocycles. The molecule has 19 heavy (non-hydrogen) atoms. The highest BCUT2D eigenvalue weighted by Gasteiger charge is 2.27. The molecule has 0 N–H and O–H groups in total. The molecular formula is C14H10N2OS2. The van der Waals surface area contributed by atoms with E-state index in [1.807, 2.05) is 41.1 Å². The number of Topliss-reactive ketones (excluding diaryl/α,β-unsaturated/α-hetero) is 1. The summed E-state index contributed by atoms with van der Waals surface area (Å²) < 4.78 is 0. The van der Waals surface area contributed by atoms with Crippen LogP contribution in [-0.2, 0) is 0 Å². The highest BCUT2D eigenvalue weighted by Crippen LogP contribution is 2.32. The topological polar surface area (TPSA) is 64.7 Å². The Balaban J connectivity index is 2.23. The van der Waals surface area contributed by atoms with E-state index in [2.05, 4.69) is 0 Å². The Labute approximate surface area is 119 Å². The van der Waals surface area contributed by atoms with Crippen LogP contribution in [0, 0.1) is 28.6 Å². The van der Waals surface area contributed by atoms with Gasteiger partial charge in [-0.3, -0.25) is 4.79 Å². The van der Waals surface area contributed by atoms with Crippen LogP contribution in [0.15, 0.2) is 35.0 Å². The van der Waals surface area contributed by atoms with Gasteiger partial charge in [-0.05, 0) is 22.9 Å². The van der Waals surface area contributed by atoms with Crippen LogP contribution in [-0.4, -0.2) is 5.78 Å². The molecule has 2 aromatic rings. The van der Waals surface area contributed by atoms with Crippen LogP contribution in [0.1, 0.15) is 26.9 Å². The molecule has 1 unspecified atom stereocenters. The minimum Gasteiger partial charge on any atom is -0.293 e. The first-order valence-corrected chi connectivity index (χ1v) is 7.41. The minimum atomic E-state index is -0.789. The van der Waals surface area contributed by atoms with E-state index in [-0.39, 0.29) is 18.1 Å². The maximum atomic E-state index is 12.1. The lowest BCUT2D eigenvalue weighted by Gasteiger charge is -2.14. The van der Waals surface area contributed by atoms with Gasteiger partial charge in [0.15, 0.2) is 5.78 Å². The van der Waals surface area contributed by atoms with Gasteiger partial charge in [-0.25, -0.2) is 0 Å². The second-order valence-corrected chi connectivity index (χ2v) is 5.89. The quantitative estimate of drug-likeness (QED) is 0.785. The van der Waals surface area contributed by atoms with Gasteiger partial charge < -0.3 is 0 Å². The van der Waals surface area contributed by atoms with Gasteiger partial charge in [-0.1, -0.05) is 12.1 Å². The van der Waals surface area contributed by atoms with Gasteiger partial charge in [0.2, 0.25) is 0 Å². The van der Waals surface area contributed by atoms with Gasteiger partial charge in [0.1, 0.15) is 5.92 Å². The molecule has 1 atom stereocenters. The molecule has 0 aliphatic carbocycles. The fourth-order valence-corrected chi connectivity index (χ4v) is 3.37. The third-order valence-corrected chi connectivity index (χ3v) is 4.71. The van der Waals surface area contributed by atoms with E-state index in [0.29, 0.717) is 4.88 Å². The maximum Gasteiger partial charge on any atom is 0.173 e. The van der Waals surface area contributed by atoms with Crippen LogP contribution in [0.4, 0.5) is 0 Å². The number of carbonyl (C=O) groups is 1. The van der Waals surface area contributed by atoms with Crippen molar-refractivity contribution >= 4 is 28.5 Å². The Bertz CT molecular complexity index is 603. The van der Waals surface area contributed by atoms with Gasteiger partial charge >= 0.3 is 0 Å². The Morgan fingerprint density at radius 1 is 1.16 bits per heavy atom. The first-order chi connectivity index (χ1) is 9.26. The van der Waals surface area contributed by atoms with Crippen LogP contribution in [0.25, 0.3) is 0 Å². The molecule has 5 heteroatoms. The minimum absolute atomic E-state index is 0.0103. The van der Waals surface area contributed by atoms with Crippen molar-refractivity contribution in [2.75, 3.05) is 0 Å². The molecule has 0 aliphatic heterocycles. The SMILES string of the molecule is N#CC(C#N)C(CC(=O)c1cccs1)c1cccs1. The van der Waals surface area contributed by atoms with E-state index in [1.54, 1.807) is 6.07 Å². The maximum absolute atomic E-state index is 12.1. The average Bonchev–Trinajstić information content (AvgIpc) is 3.12. The van der Waals surface area contributed by atoms with Gasteiger partial charge in [0.05, 0.1) is 17.0 Å². The third-order valence-electron chi connectivity index (χ3n) is 2.79. The number of carbonyl (C=O) groups excluding carboxylic acids is 1.